The van der Waals surface area contributed by atoms with E-state index in [0.29, 0.717) is 25.2 Å². The number of hydrogen-bond donors (Lipinski definition) is 1. The summed E-state index contributed by atoms with van der Waals surface area (Å²) in [5.41, 5.74) is 2.49. The van der Waals surface area contributed by atoms with Crippen molar-refractivity contribution in [1.29, 1.82) is 0 Å². The SMILES string of the molecule is Cc1cccc(CCNC(=O)C2CCC(=O)CC2)c1. The van der Waals surface area contributed by atoms with Gasteiger partial charge in [0.05, 0.1) is 0 Å². The monoisotopic (exact) mass is 259 g/mol. The molecule has 3 nitrogen and oxygen atoms in total. The fraction of sp³-hybridized carbons (Fsp3) is 0.500. The number of Topliss-reactive ketones (excluding diaryl/α,β-unsaturated/α-hetero) is 1. The fourth-order valence-corrected chi connectivity index (χ4v) is 2.54. The standard InChI is InChI=1S/C16H21NO2/c1-12-3-2-4-13(11-12)9-10-17-16(19)14-5-7-15(18)8-6-14/h2-4,11,14H,5-10H2,1H3,(H,17,19). The van der Waals surface area contributed by atoms with Crippen molar-refractivity contribution in [2.24, 2.45) is 5.92 Å². The van der Waals surface area contributed by atoms with Gasteiger partial charge in [0.15, 0.2) is 0 Å². The number of benzene rings is 1. The highest BCUT2D eigenvalue weighted by molar-refractivity contribution is 5.84. The lowest BCUT2D eigenvalue weighted by Gasteiger charge is -2.20. The molecule has 1 amide bonds. The van der Waals surface area contributed by atoms with Crippen molar-refractivity contribution in [2.75, 3.05) is 6.54 Å². The molecule has 1 saturated carbocycles. The van der Waals surface area contributed by atoms with Crippen molar-refractivity contribution >= 4 is 11.7 Å². The second-order valence-corrected chi connectivity index (χ2v) is 5.34. The lowest BCUT2D eigenvalue weighted by molar-refractivity contribution is -0.128. The van der Waals surface area contributed by atoms with Gasteiger partial charge in [0.1, 0.15) is 5.78 Å². The van der Waals surface area contributed by atoms with E-state index in [4.69, 9.17) is 0 Å². The maximum atomic E-state index is 11.9. The van der Waals surface area contributed by atoms with Crippen molar-refractivity contribution in [1.82, 2.24) is 5.32 Å². The van der Waals surface area contributed by atoms with Crippen LogP contribution >= 0.6 is 0 Å². The molecule has 0 unspecified atom stereocenters. The van der Waals surface area contributed by atoms with Crippen LogP contribution in [-0.4, -0.2) is 18.2 Å². The number of rotatable bonds is 4. The molecule has 1 fully saturated rings. The van der Waals surface area contributed by atoms with E-state index in [1.165, 1.54) is 11.1 Å². The third-order valence-electron chi connectivity index (χ3n) is 3.71. The lowest BCUT2D eigenvalue weighted by atomic mass is 9.88. The number of nitrogens with one attached hydrogen (secondary N) is 1. The molecule has 0 bridgehead atoms. The molecule has 0 saturated heterocycles. The minimum absolute atomic E-state index is 0.0372. The minimum atomic E-state index is 0.0372. The van der Waals surface area contributed by atoms with Gasteiger partial charge in [-0.25, -0.2) is 0 Å². The molecule has 0 heterocycles. The molecule has 0 spiro atoms. The van der Waals surface area contributed by atoms with E-state index < -0.39 is 0 Å². The average Bonchev–Trinajstić information content (AvgIpc) is 2.39. The second-order valence-electron chi connectivity index (χ2n) is 5.34. The van der Waals surface area contributed by atoms with Crippen LogP contribution in [0.3, 0.4) is 0 Å². The van der Waals surface area contributed by atoms with Gasteiger partial charge in [0, 0.05) is 25.3 Å². The smallest absolute Gasteiger partial charge is 0.223 e. The van der Waals surface area contributed by atoms with E-state index in [9.17, 15) is 9.59 Å². The highest BCUT2D eigenvalue weighted by Crippen LogP contribution is 2.21. The summed E-state index contributed by atoms with van der Waals surface area (Å²) in [6.45, 7) is 2.74. The third-order valence-corrected chi connectivity index (χ3v) is 3.71. The van der Waals surface area contributed by atoms with Crippen LogP contribution in [0.25, 0.3) is 0 Å². The molecular formula is C16H21NO2. The summed E-state index contributed by atoms with van der Waals surface area (Å²) in [6, 6.07) is 8.34. The van der Waals surface area contributed by atoms with E-state index in [2.05, 4.69) is 30.4 Å². The molecule has 1 aliphatic carbocycles. The molecule has 0 atom stereocenters. The Hall–Kier alpha value is -1.64. The first-order chi connectivity index (χ1) is 9.15. The van der Waals surface area contributed by atoms with Crippen LogP contribution in [0.1, 0.15) is 36.8 Å². The molecule has 1 aromatic rings. The zero-order valence-electron chi connectivity index (χ0n) is 11.4. The minimum Gasteiger partial charge on any atom is -0.356 e. The molecule has 2 rings (SSSR count). The average molecular weight is 259 g/mol. The van der Waals surface area contributed by atoms with Crippen molar-refractivity contribution in [2.45, 2.75) is 39.0 Å². The van der Waals surface area contributed by atoms with E-state index in [0.717, 1.165) is 19.3 Å². The molecular weight excluding hydrogens is 238 g/mol. The molecule has 1 aromatic carbocycles. The van der Waals surface area contributed by atoms with Crippen LogP contribution in [0.2, 0.25) is 0 Å². The lowest BCUT2D eigenvalue weighted by Crippen LogP contribution is -2.34. The van der Waals surface area contributed by atoms with Crippen LogP contribution in [-0.2, 0) is 16.0 Å². The molecule has 19 heavy (non-hydrogen) atoms. The quantitative estimate of drug-likeness (QED) is 0.902. The number of carbonyl (C=O) groups excluding carboxylic acids is 2. The largest absolute Gasteiger partial charge is 0.356 e. The first-order valence-electron chi connectivity index (χ1n) is 7.00. The predicted molar refractivity (Wildman–Crippen MR) is 74.9 cm³/mol. The van der Waals surface area contributed by atoms with Gasteiger partial charge in [-0.2, -0.15) is 0 Å². The number of hydrogen-bond acceptors (Lipinski definition) is 2. The van der Waals surface area contributed by atoms with Crippen LogP contribution < -0.4 is 5.32 Å². The molecule has 1 N–H and O–H groups in total. The second kappa shape index (κ2) is 6.50. The van der Waals surface area contributed by atoms with Gasteiger partial charge in [0.2, 0.25) is 5.91 Å². The molecule has 0 aliphatic heterocycles. The van der Waals surface area contributed by atoms with Crippen molar-refractivity contribution in [3.8, 4) is 0 Å². The van der Waals surface area contributed by atoms with Gasteiger partial charge in [-0.1, -0.05) is 29.8 Å². The normalized spacial score (nSPS) is 16.4. The first-order valence-corrected chi connectivity index (χ1v) is 7.00. The Labute approximate surface area is 114 Å². The highest BCUT2D eigenvalue weighted by atomic mass is 16.2. The Morgan fingerprint density at radius 3 is 2.74 bits per heavy atom. The van der Waals surface area contributed by atoms with Gasteiger partial charge >= 0.3 is 0 Å². The summed E-state index contributed by atoms with van der Waals surface area (Å²) in [4.78, 5) is 23.1. The summed E-state index contributed by atoms with van der Waals surface area (Å²) in [6.07, 6.45) is 3.43. The Morgan fingerprint density at radius 1 is 1.32 bits per heavy atom. The molecule has 3 heteroatoms. The number of amides is 1. The van der Waals surface area contributed by atoms with E-state index in [-0.39, 0.29) is 11.8 Å². The van der Waals surface area contributed by atoms with Crippen LogP contribution in [0.5, 0.6) is 0 Å². The fourth-order valence-electron chi connectivity index (χ4n) is 2.54. The van der Waals surface area contributed by atoms with Gasteiger partial charge in [0.25, 0.3) is 0 Å². The van der Waals surface area contributed by atoms with Crippen LogP contribution in [0.4, 0.5) is 0 Å². The molecule has 0 aromatic heterocycles. The number of aryl methyl sites for hydroxylation is 1. The number of ketones is 1. The van der Waals surface area contributed by atoms with Crippen LogP contribution in [0.15, 0.2) is 24.3 Å². The van der Waals surface area contributed by atoms with Gasteiger partial charge in [-0.15, -0.1) is 0 Å². The third kappa shape index (κ3) is 4.19. The summed E-state index contributed by atoms with van der Waals surface area (Å²) in [7, 11) is 0. The topological polar surface area (TPSA) is 46.2 Å². The Morgan fingerprint density at radius 2 is 2.05 bits per heavy atom. The van der Waals surface area contributed by atoms with Gasteiger partial charge in [-0.3, -0.25) is 9.59 Å². The predicted octanol–water partition coefficient (Wildman–Crippen LogP) is 2.41. The molecule has 102 valence electrons. The van der Waals surface area contributed by atoms with Gasteiger partial charge in [-0.05, 0) is 31.7 Å². The zero-order chi connectivity index (χ0) is 13.7. The first kappa shape index (κ1) is 13.8. The van der Waals surface area contributed by atoms with Crippen molar-refractivity contribution < 1.29 is 9.59 Å². The Kier molecular flexibility index (Phi) is 4.72. The van der Waals surface area contributed by atoms with Crippen molar-refractivity contribution in [3.63, 3.8) is 0 Å². The van der Waals surface area contributed by atoms with E-state index >= 15 is 0 Å². The van der Waals surface area contributed by atoms with Crippen LogP contribution in [0, 0.1) is 12.8 Å². The highest BCUT2D eigenvalue weighted by Gasteiger charge is 2.24. The summed E-state index contributed by atoms with van der Waals surface area (Å²) in [5.74, 6) is 0.444. The maximum Gasteiger partial charge on any atom is 0.223 e. The zero-order valence-corrected chi connectivity index (χ0v) is 11.4. The Bertz CT molecular complexity index is 458. The summed E-state index contributed by atoms with van der Waals surface area (Å²) < 4.78 is 0. The van der Waals surface area contributed by atoms with E-state index in [1.54, 1.807) is 0 Å². The van der Waals surface area contributed by atoms with Crippen molar-refractivity contribution in [3.05, 3.63) is 35.4 Å². The summed E-state index contributed by atoms with van der Waals surface area (Å²) in [5, 5.41) is 2.98. The number of carbonyl (C=O) groups is 2. The van der Waals surface area contributed by atoms with Gasteiger partial charge < -0.3 is 5.32 Å². The molecule has 1 aliphatic rings. The van der Waals surface area contributed by atoms with E-state index in [1.807, 2.05) is 6.07 Å². The maximum absolute atomic E-state index is 11.9. The summed E-state index contributed by atoms with van der Waals surface area (Å²) >= 11 is 0. The Balaban J connectivity index is 1.73. The molecule has 0 radical (unpaired) electrons.